The summed E-state index contributed by atoms with van der Waals surface area (Å²) in [7, 11) is 0. The molecule has 0 radical (unpaired) electrons. The third-order valence-corrected chi connectivity index (χ3v) is 4.80. The Morgan fingerprint density at radius 2 is 1.93 bits per heavy atom. The van der Waals surface area contributed by atoms with Crippen molar-refractivity contribution in [3.63, 3.8) is 0 Å². The lowest BCUT2D eigenvalue weighted by molar-refractivity contribution is 0.120. The van der Waals surface area contributed by atoms with Gasteiger partial charge in [0.05, 0.1) is 19.2 Å². The number of halogens is 1. The molecule has 27 heavy (non-hydrogen) atoms. The van der Waals surface area contributed by atoms with Crippen LogP contribution in [0.4, 0.5) is 0 Å². The van der Waals surface area contributed by atoms with Crippen LogP contribution in [-0.4, -0.2) is 39.5 Å². The summed E-state index contributed by atoms with van der Waals surface area (Å²) in [6.07, 6.45) is 7.34. The molecule has 0 bridgehead atoms. The lowest BCUT2D eigenvalue weighted by Crippen LogP contribution is -2.45. The summed E-state index contributed by atoms with van der Waals surface area (Å²) in [5.74, 6) is 0.850. The van der Waals surface area contributed by atoms with Gasteiger partial charge in [0.15, 0.2) is 5.96 Å². The third-order valence-electron chi connectivity index (χ3n) is 4.80. The van der Waals surface area contributed by atoms with E-state index in [-0.39, 0.29) is 30.1 Å². The summed E-state index contributed by atoms with van der Waals surface area (Å²) < 4.78 is 1.93. The zero-order chi connectivity index (χ0) is 18.2. The van der Waals surface area contributed by atoms with Crippen LogP contribution < -0.4 is 10.6 Å². The van der Waals surface area contributed by atoms with Crippen molar-refractivity contribution in [1.29, 1.82) is 0 Å². The molecule has 0 aliphatic heterocycles. The number of aliphatic hydroxyl groups excluding tert-OH is 1. The highest BCUT2D eigenvalue weighted by molar-refractivity contribution is 14.0. The van der Waals surface area contributed by atoms with Gasteiger partial charge in [-0.05, 0) is 49.8 Å². The van der Waals surface area contributed by atoms with Crippen LogP contribution in [0, 0.1) is 0 Å². The monoisotopic (exact) mass is 483 g/mol. The molecular weight excluding hydrogens is 453 g/mol. The second-order valence-electron chi connectivity index (χ2n) is 6.82. The summed E-state index contributed by atoms with van der Waals surface area (Å²) in [5.41, 5.74) is 2.44. The topological polar surface area (TPSA) is 74.5 Å². The van der Waals surface area contributed by atoms with Crippen molar-refractivity contribution in [3.05, 3.63) is 53.9 Å². The molecule has 0 saturated heterocycles. The lowest BCUT2D eigenvalue weighted by Gasteiger charge is -2.27. The van der Waals surface area contributed by atoms with Crippen molar-refractivity contribution in [3.8, 4) is 0 Å². The molecule has 3 rings (SSSR count). The fourth-order valence-electron chi connectivity index (χ4n) is 3.33. The number of aliphatic imine (C=N–C) groups is 1. The SMILES string of the molecule is CCNC(=NCc1ccccc1Cn1cccn1)NC1CCC(O)CC1.I. The molecule has 1 aliphatic rings. The molecule has 0 unspecified atom stereocenters. The van der Waals surface area contributed by atoms with Crippen LogP contribution in [0.3, 0.4) is 0 Å². The number of rotatable bonds is 6. The number of nitrogens with one attached hydrogen (secondary N) is 2. The van der Waals surface area contributed by atoms with E-state index in [1.54, 1.807) is 6.20 Å². The molecule has 1 saturated carbocycles. The third kappa shape index (κ3) is 6.80. The number of nitrogens with zero attached hydrogens (tertiary/aromatic N) is 3. The molecule has 1 heterocycles. The Hall–Kier alpha value is -1.61. The standard InChI is InChI=1S/C20H29N5O.HI/c1-2-21-20(24-18-8-10-19(26)11-9-18)22-14-16-6-3-4-7-17(16)15-25-13-5-12-23-25;/h3-7,12-13,18-19,26H,2,8-11,14-15H2,1H3,(H2,21,22,24);1H. The van der Waals surface area contributed by atoms with Crippen molar-refractivity contribution in [2.45, 2.75) is 57.8 Å². The maximum absolute atomic E-state index is 9.67. The number of hydrogen-bond acceptors (Lipinski definition) is 3. The van der Waals surface area contributed by atoms with Gasteiger partial charge in [-0.1, -0.05) is 24.3 Å². The Morgan fingerprint density at radius 3 is 2.59 bits per heavy atom. The number of aliphatic hydroxyl groups is 1. The van der Waals surface area contributed by atoms with E-state index in [1.165, 1.54) is 11.1 Å². The normalized spacial score (nSPS) is 20.0. The number of aromatic nitrogens is 2. The second-order valence-corrected chi connectivity index (χ2v) is 6.82. The molecule has 0 spiro atoms. The largest absolute Gasteiger partial charge is 0.393 e. The maximum atomic E-state index is 9.67. The van der Waals surface area contributed by atoms with Gasteiger partial charge in [0.2, 0.25) is 0 Å². The number of benzene rings is 1. The Balaban J connectivity index is 0.00000261. The molecule has 148 valence electrons. The van der Waals surface area contributed by atoms with E-state index in [2.05, 4.69) is 46.9 Å². The summed E-state index contributed by atoms with van der Waals surface area (Å²) in [6.45, 7) is 4.29. The quantitative estimate of drug-likeness (QED) is 0.336. The first-order valence-electron chi connectivity index (χ1n) is 9.51. The van der Waals surface area contributed by atoms with E-state index in [0.29, 0.717) is 12.6 Å². The van der Waals surface area contributed by atoms with Gasteiger partial charge in [0, 0.05) is 25.0 Å². The highest BCUT2D eigenvalue weighted by Gasteiger charge is 2.19. The fourth-order valence-corrected chi connectivity index (χ4v) is 3.33. The molecular formula is C20H30IN5O. The van der Waals surface area contributed by atoms with Crippen LogP contribution in [-0.2, 0) is 13.1 Å². The van der Waals surface area contributed by atoms with Gasteiger partial charge >= 0.3 is 0 Å². The van der Waals surface area contributed by atoms with E-state index in [4.69, 9.17) is 4.99 Å². The molecule has 0 amide bonds. The molecule has 7 heteroatoms. The molecule has 3 N–H and O–H groups in total. The van der Waals surface area contributed by atoms with Gasteiger partial charge in [0.25, 0.3) is 0 Å². The Kier molecular flexibility index (Phi) is 9.06. The zero-order valence-electron chi connectivity index (χ0n) is 15.8. The minimum Gasteiger partial charge on any atom is -0.393 e. The van der Waals surface area contributed by atoms with E-state index < -0.39 is 0 Å². The van der Waals surface area contributed by atoms with Gasteiger partial charge < -0.3 is 15.7 Å². The van der Waals surface area contributed by atoms with E-state index >= 15 is 0 Å². The number of hydrogen-bond donors (Lipinski definition) is 3. The molecule has 2 aromatic rings. The Morgan fingerprint density at radius 1 is 1.19 bits per heavy atom. The Bertz CT molecular complexity index is 696. The average Bonchev–Trinajstić information content (AvgIpc) is 3.16. The van der Waals surface area contributed by atoms with Crippen molar-refractivity contribution in [1.82, 2.24) is 20.4 Å². The first-order chi connectivity index (χ1) is 12.7. The fraction of sp³-hybridized carbons (Fsp3) is 0.500. The molecule has 6 nitrogen and oxygen atoms in total. The second kappa shape index (κ2) is 11.3. The highest BCUT2D eigenvalue weighted by Crippen LogP contribution is 2.18. The Labute approximate surface area is 178 Å². The molecule has 1 aromatic heterocycles. The van der Waals surface area contributed by atoms with E-state index in [0.717, 1.165) is 44.7 Å². The molecule has 1 aliphatic carbocycles. The van der Waals surface area contributed by atoms with Gasteiger partial charge in [-0.3, -0.25) is 4.68 Å². The van der Waals surface area contributed by atoms with Crippen LogP contribution in [0.5, 0.6) is 0 Å². The van der Waals surface area contributed by atoms with Crippen molar-refractivity contribution >= 4 is 29.9 Å². The lowest BCUT2D eigenvalue weighted by atomic mass is 9.93. The van der Waals surface area contributed by atoms with E-state index in [9.17, 15) is 5.11 Å². The first-order valence-corrected chi connectivity index (χ1v) is 9.51. The van der Waals surface area contributed by atoms with Crippen LogP contribution in [0.15, 0.2) is 47.7 Å². The zero-order valence-corrected chi connectivity index (χ0v) is 18.2. The smallest absolute Gasteiger partial charge is 0.191 e. The van der Waals surface area contributed by atoms with Gasteiger partial charge in [-0.15, -0.1) is 24.0 Å². The number of guanidine groups is 1. The first kappa shape index (κ1) is 21.7. The van der Waals surface area contributed by atoms with Crippen LogP contribution in [0.25, 0.3) is 0 Å². The molecule has 0 atom stereocenters. The predicted octanol–water partition coefficient (Wildman–Crippen LogP) is 2.91. The van der Waals surface area contributed by atoms with Crippen LogP contribution in [0.2, 0.25) is 0 Å². The van der Waals surface area contributed by atoms with Crippen LogP contribution in [0.1, 0.15) is 43.7 Å². The summed E-state index contributed by atoms with van der Waals surface area (Å²) >= 11 is 0. The summed E-state index contributed by atoms with van der Waals surface area (Å²) in [5, 5.41) is 20.8. The maximum Gasteiger partial charge on any atom is 0.191 e. The summed E-state index contributed by atoms with van der Waals surface area (Å²) in [6, 6.07) is 10.7. The minimum atomic E-state index is -0.137. The van der Waals surface area contributed by atoms with Crippen molar-refractivity contribution < 1.29 is 5.11 Å². The van der Waals surface area contributed by atoms with Gasteiger partial charge in [-0.25, -0.2) is 4.99 Å². The van der Waals surface area contributed by atoms with Crippen LogP contribution >= 0.6 is 24.0 Å². The average molecular weight is 483 g/mol. The predicted molar refractivity (Wildman–Crippen MR) is 119 cm³/mol. The molecule has 1 aromatic carbocycles. The minimum absolute atomic E-state index is 0. The van der Waals surface area contributed by atoms with Gasteiger partial charge in [-0.2, -0.15) is 5.10 Å². The highest BCUT2D eigenvalue weighted by atomic mass is 127. The van der Waals surface area contributed by atoms with Crippen molar-refractivity contribution in [2.24, 2.45) is 4.99 Å². The summed E-state index contributed by atoms with van der Waals surface area (Å²) in [4.78, 5) is 4.79. The van der Waals surface area contributed by atoms with Crippen molar-refractivity contribution in [2.75, 3.05) is 6.54 Å². The molecule has 1 fully saturated rings. The van der Waals surface area contributed by atoms with E-state index in [1.807, 2.05) is 16.9 Å². The van der Waals surface area contributed by atoms with Gasteiger partial charge in [0.1, 0.15) is 0 Å².